The number of nitrogens with two attached hydrogens (primary N) is 1. The van der Waals surface area contributed by atoms with Gasteiger partial charge >= 0.3 is 5.97 Å². The largest absolute Gasteiger partial charge is 0.479 e. The molecule has 3 N–H and O–H groups in total. The predicted molar refractivity (Wildman–Crippen MR) is 127 cm³/mol. The van der Waals surface area contributed by atoms with E-state index < -0.39 is 18.1 Å². The van der Waals surface area contributed by atoms with Gasteiger partial charge in [-0.1, -0.05) is 18.2 Å². The third-order valence-corrected chi connectivity index (χ3v) is 7.51. The molecule has 8 nitrogen and oxygen atoms in total. The van der Waals surface area contributed by atoms with E-state index in [1.54, 1.807) is 10.7 Å². The number of carboxylic acid groups (broad SMARTS) is 1. The van der Waals surface area contributed by atoms with Crippen LogP contribution in [0.3, 0.4) is 0 Å². The molecule has 3 aromatic rings. The lowest BCUT2D eigenvalue weighted by atomic mass is 9.78. The molecule has 10 heteroatoms. The first-order valence-corrected chi connectivity index (χ1v) is 11.8. The number of hydrazone groups is 1. The van der Waals surface area contributed by atoms with E-state index in [1.807, 2.05) is 41.6 Å². The molecule has 0 saturated heterocycles. The molecule has 5 rings (SSSR count). The molecule has 2 aliphatic rings. The zero-order chi connectivity index (χ0) is 23.1. The Hall–Kier alpha value is -3.01. The Balaban J connectivity index is 1.41. The van der Waals surface area contributed by atoms with Gasteiger partial charge in [-0.3, -0.25) is 5.01 Å². The van der Waals surface area contributed by atoms with Gasteiger partial charge in [0.25, 0.3) is 0 Å². The highest BCUT2D eigenvalue weighted by molar-refractivity contribution is 9.10. The van der Waals surface area contributed by atoms with Crippen molar-refractivity contribution in [1.29, 1.82) is 0 Å². The van der Waals surface area contributed by atoms with Crippen molar-refractivity contribution in [2.75, 3.05) is 17.3 Å². The lowest BCUT2D eigenvalue weighted by Crippen LogP contribution is -2.29. The number of fused-ring (bicyclic) bond motifs is 1. The van der Waals surface area contributed by atoms with Gasteiger partial charge in [-0.2, -0.15) is 14.7 Å². The summed E-state index contributed by atoms with van der Waals surface area (Å²) in [5, 5.41) is 20.0. The maximum atomic E-state index is 14.0. The molecule has 2 aromatic heterocycles. The number of aromatic nitrogens is 3. The molecule has 2 atom stereocenters. The molecule has 0 amide bonds. The van der Waals surface area contributed by atoms with E-state index in [4.69, 9.17) is 15.8 Å². The number of carboxylic acids is 1. The van der Waals surface area contributed by atoms with E-state index in [-0.39, 0.29) is 11.8 Å². The van der Waals surface area contributed by atoms with Crippen LogP contribution in [-0.4, -0.2) is 44.6 Å². The van der Waals surface area contributed by atoms with Crippen LogP contribution in [0.2, 0.25) is 0 Å². The van der Waals surface area contributed by atoms with Crippen molar-refractivity contribution < 1.29 is 14.3 Å². The minimum Gasteiger partial charge on any atom is -0.479 e. The summed E-state index contributed by atoms with van der Waals surface area (Å²) >= 11 is 3.59. The normalized spacial score (nSPS) is 23.8. The Morgan fingerprint density at radius 1 is 1.21 bits per heavy atom. The first-order valence-electron chi connectivity index (χ1n) is 11.0. The molecule has 33 heavy (non-hydrogen) atoms. The van der Waals surface area contributed by atoms with Crippen LogP contribution in [0.15, 0.2) is 46.1 Å². The van der Waals surface area contributed by atoms with Gasteiger partial charge in [0, 0.05) is 29.5 Å². The summed E-state index contributed by atoms with van der Waals surface area (Å²) in [6, 6.07) is 9.97. The number of aliphatic carboxylic acids is 1. The van der Waals surface area contributed by atoms with Crippen molar-refractivity contribution in [3.05, 3.63) is 52.3 Å². The van der Waals surface area contributed by atoms with E-state index in [0.717, 1.165) is 16.9 Å². The fourth-order valence-corrected chi connectivity index (χ4v) is 5.42. The maximum Gasteiger partial charge on any atom is 0.338 e. The van der Waals surface area contributed by atoms with Gasteiger partial charge in [0.15, 0.2) is 11.8 Å². The number of halogens is 2. The second kappa shape index (κ2) is 8.74. The molecular formula is C23H24BrFN6O2. The number of para-hydroxylation sites is 1. The Morgan fingerprint density at radius 2 is 1.94 bits per heavy atom. The van der Waals surface area contributed by atoms with Crippen molar-refractivity contribution in [1.82, 2.24) is 14.6 Å². The van der Waals surface area contributed by atoms with E-state index in [2.05, 4.69) is 26.1 Å². The second-order valence-electron chi connectivity index (χ2n) is 8.67. The van der Waals surface area contributed by atoms with Crippen LogP contribution in [0.25, 0.3) is 5.65 Å². The molecule has 1 aromatic carbocycles. The van der Waals surface area contributed by atoms with Crippen molar-refractivity contribution >= 4 is 45.3 Å². The van der Waals surface area contributed by atoms with Crippen LogP contribution in [0.5, 0.6) is 0 Å². The third kappa shape index (κ3) is 3.96. The van der Waals surface area contributed by atoms with E-state index in [1.165, 1.54) is 0 Å². The lowest BCUT2D eigenvalue weighted by Gasteiger charge is -2.29. The molecule has 2 unspecified atom stereocenters. The van der Waals surface area contributed by atoms with Crippen molar-refractivity contribution in [3.8, 4) is 0 Å². The van der Waals surface area contributed by atoms with Crippen LogP contribution in [-0.2, 0) is 4.79 Å². The number of nitrogen functional groups attached to an aromatic ring is 1. The average Bonchev–Trinajstić information content (AvgIpc) is 3.49. The molecule has 0 bridgehead atoms. The minimum atomic E-state index is -1.81. The average molecular weight is 515 g/mol. The number of nitrogens with zero attached hydrogens (tertiary/aromatic N) is 5. The van der Waals surface area contributed by atoms with Crippen LogP contribution < -0.4 is 10.7 Å². The van der Waals surface area contributed by atoms with Crippen LogP contribution in [0, 0.1) is 5.92 Å². The molecule has 0 spiro atoms. The summed E-state index contributed by atoms with van der Waals surface area (Å²) in [6.45, 7) is 0.677. The number of rotatable bonds is 5. The van der Waals surface area contributed by atoms with Gasteiger partial charge in [0.2, 0.25) is 0 Å². The standard InChI is InChI=1S/C23H24BrFN6O2/c24-18-20(14-8-6-13(7-9-14)19(25)23(32)33)29-22-17(11-28-31(22)21(18)26)15-10-27-30(12-15)16-4-2-1-3-5-16/h1-5,10-11,13-15,19H,6-9,12,26H2,(H,32,33)/t13-,14+,15?,19?. The van der Waals surface area contributed by atoms with Gasteiger partial charge < -0.3 is 10.8 Å². The highest BCUT2D eigenvalue weighted by atomic mass is 79.9. The molecule has 0 radical (unpaired) electrons. The summed E-state index contributed by atoms with van der Waals surface area (Å²) < 4.78 is 16.3. The Bertz CT molecular complexity index is 1210. The molecule has 1 aliphatic carbocycles. The monoisotopic (exact) mass is 514 g/mol. The quantitative estimate of drug-likeness (QED) is 0.523. The number of alkyl halides is 1. The summed E-state index contributed by atoms with van der Waals surface area (Å²) in [5.74, 6) is -1.28. The van der Waals surface area contributed by atoms with Crippen molar-refractivity contribution in [3.63, 3.8) is 0 Å². The fraction of sp³-hybridized carbons (Fsp3) is 0.391. The van der Waals surface area contributed by atoms with Crippen LogP contribution >= 0.6 is 15.9 Å². The number of carbonyl (C=O) groups is 1. The lowest BCUT2D eigenvalue weighted by molar-refractivity contribution is -0.145. The molecular weight excluding hydrogens is 491 g/mol. The zero-order valence-corrected chi connectivity index (χ0v) is 19.4. The maximum absolute atomic E-state index is 14.0. The second-order valence-corrected chi connectivity index (χ2v) is 9.46. The zero-order valence-electron chi connectivity index (χ0n) is 17.8. The Morgan fingerprint density at radius 3 is 2.64 bits per heavy atom. The van der Waals surface area contributed by atoms with Crippen LogP contribution in [0.4, 0.5) is 15.9 Å². The summed E-state index contributed by atoms with van der Waals surface area (Å²) in [6.07, 6.45) is 4.21. The highest BCUT2D eigenvalue weighted by Crippen LogP contribution is 2.41. The summed E-state index contributed by atoms with van der Waals surface area (Å²) in [5.41, 5.74) is 9.88. The van der Waals surface area contributed by atoms with Gasteiger partial charge in [0.05, 0.1) is 28.6 Å². The summed E-state index contributed by atoms with van der Waals surface area (Å²) in [4.78, 5) is 16.0. The fourth-order valence-electron chi connectivity index (χ4n) is 4.84. The molecule has 3 heterocycles. The Labute approximate surface area is 198 Å². The van der Waals surface area contributed by atoms with Gasteiger partial charge in [-0.05, 0) is 53.7 Å². The minimum absolute atomic E-state index is 0.0160. The number of hydrogen-bond donors (Lipinski definition) is 2. The van der Waals surface area contributed by atoms with E-state index >= 15 is 0 Å². The van der Waals surface area contributed by atoms with Gasteiger partial charge in [0.1, 0.15) is 5.82 Å². The molecule has 172 valence electrons. The number of anilines is 2. The first-order chi connectivity index (χ1) is 15.9. The number of benzene rings is 1. The Kier molecular flexibility index (Phi) is 5.77. The molecule has 1 saturated carbocycles. The van der Waals surface area contributed by atoms with Crippen molar-refractivity contribution in [2.45, 2.75) is 43.7 Å². The van der Waals surface area contributed by atoms with Gasteiger partial charge in [-0.15, -0.1) is 0 Å². The molecule has 1 fully saturated rings. The van der Waals surface area contributed by atoms with Crippen LogP contribution in [0.1, 0.15) is 48.8 Å². The molecule has 1 aliphatic heterocycles. The van der Waals surface area contributed by atoms with Gasteiger partial charge in [-0.25, -0.2) is 14.2 Å². The predicted octanol–water partition coefficient (Wildman–Crippen LogP) is 4.36. The van der Waals surface area contributed by atoms with E-state index in [9.17, 15) is 9.18 Å². The smallest absolute Gasteiger partial charge is 0.338 e. The number of hydrogen-bond acceptors (Lipinski definition) is 6. The summed E-state index contributed by atoms with van der Waals surface area (Å²) in [7, 11) is 0. The third-order valence-electron chi connectivity index (χ3n) is 6.69. The highest BCUT2D eigenvalue weighted by Gasteiger charge is 2.34. The topological polar surface area (TPSA) is 109 Å². The van der Waals surface area contributed by atoms with E-state index in [0.29, 0.717) is 48.2 Å². The first kappa shape index (κ1) is 21.8. The SMILES string of the molecule is Nc1c(Br)c([C@H]2CC[C@@H](C(F)C(=O)O)CC2)nc2c(C3C=NN(c4ccccc4)C3)cnn12. The van der Waals surface area contributed by atoms with Crippen molar-refractivity contribution in [2.24, 2.45) is 11.0 Å².